The minimum Gasteiger partial charge on any atom is -0.493 e. The minimum atomic E-state index is -0.203. The third-order valence-corrected chi connectivity index (χ3v) is 4.17. The summed E-state index contributed by atoms with van der Waals surface area (Å²) in [5, 5.41) is 10.2. The van der Waals surface area contributed by atoms with Gasteiger partial charge in [-0.15, -0.1) is 0 Å². The van der Waals surface area contributed by atoms with E-state index in [1.807, 2.05) is 12.1 Å². The molecule has 1 N–H and O–H groups in total. The van der Waals surface area contributed by atoms with Gasteiger partial charge < -0.3 is 19.5 Å². The number of benzene rings is 1. The van der Waals surface area contributed by atoms with Gasteiger partial charge in [0.1, 0.15) is 0 Å². The zero-order chi connectivity index (χ0) is 14.5. The number of likely N-dealkylation sites (tertiary alicyclic amines) is 1. The fourth-order valence-electron chi connectivity index (χ4n) is 2.89. The maximum Gasteiger partial charge on any atom is 0.160 e. The summed E-state index contributed by atoms with van der Waals surface area (Å²) < 4.78 is 10.6. The zero-order valence-electron chi connectivity index (χ0n) is 12.6. The lowest BCUT2D eigenvalue weighted by atomic mass is 9.88. The van der Waals surface area contributed by atoms with E-state index in [0.717, 1.165) is 44.0 Å². The number of aliphatic hydroxyl groups is 1. The number of nitrogens with zero attached hydrogens (tertiary/aromatic N) is 1. The van der Waals surface area contributed by atoms with Crippen molar-refractivity contribution in [3.05, 3.63) is 23.8 Å². The Bertz CT molecular complexity index is 436. The number of piperidine rings is 1. The summed E-state index contributed by atoms with van der Waals surface area (Å²) >= 11 is 0. The van der Waals surface area contributed by atoms with Gasteiger partial charge in [-0.05, 0) is 37.1 Å². The molecule has 0 radical (unpaired) electrons. The molecule has 4 heteroatoms. The van der Waals surface area contributed by atoms with E-state index >= 15 is 0 Å². The van der Waals surface area contributed by atoms with Crippen LogP contribution >= 0.6 is 0 Å². The van der Waals surface area contributed by atoms with Crippen LogP contribution in [0.3, 0.4) is 0 Å². The zero-order valence-corrected chi connectivity index (χ0v) is 12.6. The first kappa shape index (κ1) is 15.1. The Morgan fingerprint density at radius 3 is 2.65 bits per heavy atom. The monoisotopic (exact) mass is 279 g/mol. The normalized spacial score (nSPS) is 23.6. The number of methoxy groups -OCH3 is 2. The molecule has 0 aliphatic carbocycles. The van der Waals surface area contributed by atoms with Crippen LogP contribution in [0.1, 0.15) is 18.9 Å². The van der Waals surface area contributed by atoms with Gasteiger partial charge in [-0.3, -0.25) is 0 Å². The van der Waals surface area contributed by atoms with Crippen LogP contribution in [0.25, 0.3) is 0 Å². The average molecular weight is 279 g/mol. The second-order valence-electron chi connectivity index (χ2n) is 5.40. The molecule has 112 valence electrons. The van der Waals surface area contributed by atoms with Gasteiger partial charge in [0.15, 0.2) is 11.5 Å². The summed E-state index contributed by atoms with van der Waals surface area (Å²) in [5.41, 5.74) is 1.18. The van der Waals surface area contributed by atoms with E-state index in [1.165, 1.54) is 5.56 Å². The van der Waals surface area contributed by atoms with Crippen LogP contribution in [0, 0.1) is 5.92 Å². The Kier molecular flexibility index (Phi) is 5.26. The Hall–Kier alpha value is -1.26. The number of hydrogen-bond acceptors (Lipinski definition) is 4. The van der Waals surface area contributed by atoms with Gasteiger partial charge in [-0.2, -0.15) is 0 Å². The molecule has 0 aromatic heterocycles. The molecule has 0 amide bonds. The summed E-state index contributed by atoms with van der Waals surface area (Å²) in [4.78, 5) is 2.40. The Balaban J connectivity index is 2.08. The van der Waals surface area contributed by atoms with Crippen LogP contribution in [0.15, 0.2) is 18.2 Å². The Morgan fingerprint density at radius 1 is 1.25 bits per heavy atom. The molecule has 0 bridgehead atoms. The molecule has 4 nitrogen and oxygen atoms in total. The highest BCUT2D eigenvalue weighted by Crippen LogP contribution is 2.30. The van der Waals surface area contributed by atoms with Gasteiger partial charge in [0, 0.05) is 19.0 Å². The average Bonchev–Trinajstić information content (AvgIpc) is 2.49. The highest BCUT2D eigenvalue weighted by atomic mass is 16.5. The van der Waals surface area contributed by atoms with Crippen molar-refractivity contribution in [2.45, 2.75) is 25.9 Å². The highest BCUT2D eigenvalue weighted by Gasteiger charge is 2.27. The molecule has 2 unspecified atom stereocenters. The van der Waals surface area contributed by atoms with Crippen LogP contribution < -0.4 is 9.47 Å². The summed E-state index contributed by atoms with van der Waals surface area (Å²) in [5.74, 6) is 1.79. The SMILES string of the molecule is CCN1CCC(O)C(Cc2ccc(OC)c(OC)c2)C1. The standard InChI is InChI=1S/C16H25NO3/c1-4-17-8-7-14(18)13(11-17)9-12-5-6-15(19-2)16(10-12)20-3/h5-6,10,13-14,18H,4,7-9,11H2,1-3H3. The van der Waals surface area contributed by atoms with Gasteiger partial charge >= 0.3 is 0 Å². The molecule has 1 aromatic rings. The van der Waals surface area contributed by atoms with E-state index < -0.39 is 0 Å². The van der Waals surface area contributed by atoms with Gasteiger partial charge in [-0.25, -0.2) is 0 Å². The van der Waals surface area contributed by atoms with Crippen molar-refractivity contribution >= 4 is 0 Å². The van der Waals surface area contributed by atoms with Crippen LogP contribution in [0.2, 0.25) is 0 Å². The van der Waals surface area contributed by atoms with Gasteiger partial charge in [0.2, 0.25) is 0 Å². The molecule has 1 aromatic carbocycles. The van der Waals surface area contributed by atoms with E-state index in [2.05, 4.69) is 17.9 Å². The van der Waals surface area contributed by atoms with E-state index in [1.54, 1.807) is 14.2 Å². The van der Waals surface area contributed by atoms with E-state index in [9.17, 15) is 5.11 Å². The number of hydrogen-bond donors (Lipinski definition) is 1. The van der Waals surface area contributed by atoms with E-state index in [4.69, 9.17) is 9.47 Å². The number of ether oxygens (including phenoxy) is 2. The van der Waals surface area contributed by atoms with Crippen molar-refractivity contribution < 1.29 is 14.6 Å². The fourth-order valence-corrected chi connectivity index (χ4v) is 2.89. The van der Waals surface area contributed by atoms with Gasteiger partial charge in [0.05, 0.1) is 20.3 Å². The lowest BCUT2D eigenvalue weighted by Gasteiger charge is -2.35. The summed E-state index contributed by atoms with van der Waals surface area (Å²) in [6.45, 7) is 5.19. The molecule has 1 heterocycles. The molecule has 1 aliphatic heterocycles. The molecule has 0 spiro atoms. The second kappa shape index (κ2) is 6.95. The summed E-state index contributed by atoms with van der Waals surface area (Å²) in [6.07, 6.45) is 1.54. The van der Waals surface area contributed by atoms with Gasteiger partial charge in [0.25, 0.3) is 0 Å². The second-order valence-corrected chi connectivity index (χ2v) is 5.40. The highest BCUT2D eigenvalue weighted by molar-refractivity contribution is 5.43. The molecular weight excluding hydrogens is 254 g/mol. The first-order chi connectivity index (χ1) is 9.67. The van der Waals surface area contributed by atoms with Crippen molar-refractivity contribution in [2.24, 2.45) is 5.92 Å². The Labute approximate surface area is 121 Å². The third-order valence-electron chi connectivity index (χ3n) is 4.17. The largest absolute Gasteiger partial charge is 0.493 e. The molecular formula is C16H25NO3. The lowest BCUT2D eigenvalue weighted by Crippen LogP contribution is -2.43. The van der Waals surface area contributed by atoms with Crippen molar-refractivity contribution in [1.82, 2.24) is 4.90 Å². The van der Waals surface area contributed by atoms with Crippen molar-refractivity contribution in [1.29, 1.82) is 0 Å². The topological polar surface area (TPSA) is 41.9 Å². The number of aliphatic hydroxyl groups excluding tert-OH is 1. The maximum absolute atomic E-state index is 10.2. The Morgan fingerprint density at radius 2 is 2.00 bits per heavy atom. The molecule has 1 aliphatic rings. The van der Waals surface area contributed by atoms with E-state index in [-0.39, 0.29) is 6.10 Å². The van der Waals surface area contributed by atoms with Crippen molar-refractivity contribution in [3.8, 4) is 11.5 Å². The first-order valence-corrected chi connectivity index (χ1v) is 7.29. The van der Waals surface area contributed by atoms with Crippen molar-refractivity contribution in [2.75, 3.05) is 33.9 Å². The predicted molar refractivity (Wildman–Crippen MR) is 79.5 cm³/mol. The molecule has 1 fully saturated rings. The van der Waals surface area contributed by atoms with E-state index in [0.29, 0.717) is 5.92 Å². The maximum atomic E-state index is 10.2. The third kappa shape index (κ3) is 3.44. The molecule has 0 saturated carbocycles. The van der Waals surface area contributed by atoms with Crippen LogP contribution in [-0.4, -0.2) is 50.0 Å². The summed E-state index contributed by atoms with van der Waals surface area (Å²) in [6, 6.07) is 6.00. The molecule has 2 atom stereocenters. The van der Waals surface area contributed by atoms with Crippen molar-refractivity contribution in [3.63, 3.8) is 0 Å². The minimum absolute atomic E-state index is 0.203. The molecule has 1 saturated heterocycles. The number of rotatable bonds is 5. The lowest BCUT2D eigenvalue weighted by molar-refractivity contribution is 0.0290. The molecule has 2 rings (SSSR count). The van der Waals surface area contributed by atoms with Crippen LogP contribution in [0.5, 0.6) is 11.5 Å². The molecule has 20 heavy (non-hydrogen) atoms. The first-order valence-electron chi connectivity index (χ1n) is 7.29. The summed E-state index contributed by atoms with van der Waals surface area (Å²) in [7, 11) is 3.29. The quantitative estimate of drug-likeness (QED) is 0.894. The fraction of sp³-hybridized carbons (Fsp3) is 0.625. The smallest absolute Gasteiger partial charge is 0.160 e. The van der Waals surface area contributed by atoms with Gasteiger partial charge in [-0.1, -0.05) is 13.0 Å². The predicted octanol–water partition coefficient (Wildman–Crippen LogP) is 1.95. The van der Waals surface area contributed by atoms with Crippen LogP contribution in [0.4, 0.5) is 0 Å². The van der Waals surface area contributed by atoms with Crippen LogP contribution in [-0.2, 0) is 6.42 Å².